The monoisotopic (exact) mass is 271 g/mol. The topological polar surface area (TPSA) is 30.5 Å². The summed E-state index contributed by atoms with van der Waals surface area (Å²) < 4.78 is 33.7. The molecule has 0 aliphatic heterocycles. The van der Waals surface area contributed by atoms with Gasteiger partial charge in [-0.15, -0.1) is 0 Å². The molecule has 1 aliphatic carbocycles. The van der Waals surface area contributed by atoms with E-state index in [-0.39, 0.29) is 5.75 Å². The molecular formula is C14H19F2NO2. The lowest BCUT2D eigenvalue weighted by Crippen LogP contribution is -2.30. The summed E-state index contributed by atoms with van der Waals surface area (Å²) in [5.41, 5.74) is 0.920. The Morgan fingerprint density at radius 3 is 2.58 bits per heavy atom. The molecule has 0 radical (unpaired) electrons. The average molecular weight is 271 g/mol. The minimum Gasteiger partial charge on any atom is -0.435 e. The highest BCUT2D eigenvalue weighted by Gasteiger charge is 2.21. The van der Waals surface area contributed by atoms with E-state index < -0.39 is 6.61 Å². The quantitative estimate of drug-likeness (QED) is 0.886. The average Bonchev–Trinajstić information content (AvgIpc) is 2.41. The summed E-state index contributed by atoms with van der Waals surface area (Å²) in [6, 6.07) is 6.99. The lowest BCUT2D eigenvalue weighted by atomic mass is 9.92. The van der Waals surface area contributed by atoms with Gasteiger partial charge in [0.1, 0.15) is 5.75 Å². The number of benzene rings is 1. The molecule has 1 aromatic rings. The van der Waals surface area contributed by atoms with Crippen molar-refractivity contribution in [3.63, 3.8) is 0 Å². The van der Waals surface area contributed by atoms with Crippen molar-refractivity contribution in [3.8, 4) is 5.75 Å². The molecular weight excluding hydrogens is 252 g/mol. The van der Waals surface area contributed by atoms with E-state index in [0.29, 0.717) is 12.1 Å². The van der Waals surface area contributed by atoms with Crippen LogP contribution in [0.3, 0.4) is 0 Å². The molecule has 0 amide bonds. The molecule has 2 atom stereocenters. The van der Waals surface area contributed by atoms with E-state index in [4.69, 9.17) is 4.74 Å². The van der Waals surface area contributed by atoms with Crippen molar-refractivity contribution in [3.05, 3.63) is 24.3 Å². The molecule has 106 valence electrons. The summed E-state index contributed by atoms with van der Waals surface area (Å²) in [4.78, 5) is 0. The summed E-state index contributed by atoms with van der Waals surface area (Å²) in [6.45, 7) is -2.78. The van der Waals surface area contributed by atoms with Crippen molar-refractivity contribution >= 4 is 5.69 Å². The number of ether oxygens (including phenoxy) is 2. The number of rotatable bonds is 5. The maximum Gasteiger partial charge on any atom is 0.387 e. The number of hydrogen-bond donors (Lipinski definition) is 1. The van der Waals surface area contributed by atoms with E-state index in [1.807, 2.05) is 0 Å². The van der Waals surface area contributed by atoms with Gasteiger partial charge in [0.15, 0.2) is 0 Å². The SMILES string of the molecule is COC1CCCC(Nc2ccc(OC(F)F)cc2)C1. The zero-order chi connectivity index (χ0) is 13.7. The molecule has 1 N–H and O–H groups in total. The van der Waals surface area contributed by atoms with Gasteiger partial charge in [0.25, 0.3) is 0 Å². The number of halogens is 2. The second kappa shape index (κ2) is 6.70. The summed E-state index contributed by atoms with van der Waals surface area (Å²) in [5.74, 6) is 0.180. The number of nitrogens with one attached hydrogen (secondary N) is 1. The Morgan fingerprint density at radius 1 is 1.21 bits per heavy atom. The van der Waals surface area contributed by atoms with Gasteiger partial charge in [0, 0.05) is 18.8 Å². The highest BCUT2D eigenvalue weighted by molar-refractivity contribution is 5.47. The van der Waals surface area contributed by atoms with Crippen molar-refractivity contribution in [2.24, 2.45) is 0 Å². The van der Waals surface area contributed by atoms with Crippen LogP contribution in [0.1, 0.15) is 25.7 Å². The molecule has 1 fully saturated rings. The minimum atomic E-state index is -2.78. The first kappa shape index (κ1) is 14.1. The second-order valence-electron chi connectivity index (χ2n) is 4.77. The minimum absolute atomic E-state index is 0.180. The van der Waals surface area contributed by atoms with Gasteiger partial charge in [-0.3, -0.25) is 0 Å². The van der Waals surface area contributed by atoms with Crippen molar-refractivity contribution in [1.82, 2.24) is 0 Å². The summed E-state index contributed by atoms with van der Waals surface area (Å²) in [7, 11) is 1.74. The van der Waals surface area contributed by atoms with Crippen molar-refractivity contribution in [2.75, 3.05) is 12.4 Å². The van der Waals surface area contributed by atoms with Crippen LogP contribution in [0.4, 0.5) is 14.5 Å². The van der Waals surface area contributed by atoms with Crippen LogP contribution in [0.5, 0.6) is 5.75 Å². The first-order chi connectivity index (χ1) is 9.17. The normalized spacial score (nSPS) is 23.4. The van der Waals surface area contributed by atoms with Crippen LogP contribution in [0.15, 0.2) is 24.3 Å². The molecule has 1 aromatic carbocycles. The molecule has 3 nitrogen and oxygen atoms in total. The van der Waals surface area contributed by atoms with Gasteiger partial charge in [-0.1, -0.05) is 0 Å². The second-order valence-corrected chi connectivity index (χ2v) is 4.77. The Kier molecular flexibility index (Phi) is 4.96. The smallest absolute Gasteiger partial charge is 0.387 e. The fraction of sp³-hybridized carbons (Fsp3) is 0.571. The molecule has 0 aromatic heterocycles. The number of anilines is 1. The van der Waals surface area contributed by atoms with Gasteiger partial charge in [-0.25, -0.2) is 0 Å². The van der Waals surface area contributed by atoms with Gasteiger partial charge < -0.3 is 14.8 Å². The Hall–Kier alpha value is -1.36. The molecule has 2 unspecified atom stereocenters. The molecule has 0 spiro atoms. The van der Waals surface area contributed by atoms with E-state index >= 15 is 0 Å². The molecule has 0 heterocycles. The lowest BCUT2D eigenvalue weighted by molar-refractivity contribution is -0.0498. The van der Waals surface area contributed by atoms with E-state index in [0.717, 1.165) is 31.4 Å². The van der Waals surface area contributed by atoms with Crippen LogP contribution >= 0.6 is 0 Å². The largest absolute Gasteiger partial charge is 0.435 e. The first-order valence-electron chi connectivity index (χ1n) is 6.51. The van der Waals surface area contributed by atoms with Crippen LogP contribution < -0.4 is 10.1 Å². The zero-order valence-electron chi connectivity index (χ0n) is 10.9. The third-order valence-corrected chi connectivity index (χ3v) is 3.41. The zero-order valence-corrected chi connectivity index (χ0v) is 10.9. The van der Waals surface area contributed by atoms with E-state index in [2.05, 4.69) is 10.1 Å². The Labute approximate surface area is 111 Å². The van der Waals surface area contributed by atoms with E-state index in [9.17, 15) is 8.78 Å². The molecule has 1 aliphatic rings. The molecule has 1 saturated carbocycles. The number of methoxy groups -OCH3 is 1. The Bertz CT molecular complexity index is 384. The van der Waals surface area contributed by atoms with Gasteiger partial charge in [0.2, 0.25) is 0 Å². The van der Waals surface area contributed by atoms with Crippen LogP contribution in [-0.4, -0.2) is 25.9 Å². The highest BCUT2D eigenvalue weighted by Crippen LogP contribution is 2.25. The van der Waals surface area contributed by atoms with Crippen LogP contribution in [0.25, 0.3) is 0 Å². The molecule has 5 heteroatoms. The number of alkyl halides is 2. The van der Waals surface area contributed by atoms with E-state index in [1.54, 1.807) is 31.4 Å². The third-order valence-electron chi connectivity index (χ3n) is 3.41. The van der Waals surface area contributed by atoms with Crippen molar-refractivity contribution < 1.29 is 18.3 Å². The van der Waals surface area contributed by atoms with Crippen molar-refractivity contribution in [1.29, 1.82) is 0 Å². The Balaban J connectivity index is 1.88. The summed E-state index contributed by atoms with van der Waals surface area (Å²) in [5, 5.41) is 3.40. The predicted octanol–water partition coefficient (Wildman–Crippen LogP) is 3.66. The summed E-state index contributed by atoms with van der Waals surface area (Å²) >= 11 is 0. The maximum absolute atomic E-state index is 12.0. The van der Waals surface area contributed by atoms with Gasteiger partial charge in [0.05, 0.1) is 6.10 Å². The Morgan fingerprint density at radius 2 is 1.95 bits per heavy atom. The van der Waals surface area contributed by atoms with Crippen LogP contribution in [0, 0.1) is 0 Å². The fourth-order valence-electron chi connectivity index (χ4n) is 2.46. The lowest BCUT2D eigenvalue weighted by Gasteiger charge is -2.29. The maximum atomic E-state index is 12.0. The van der Waals surface area contributed by atoms with Crippen LogP contribution in [0.2, 0.25) is 0 Å². The first-order valence-corrected chi connectivity index (χ1v) is 6.51. The number of hydrogen-bond acceptors (Lipinski definition) is 3. The molecule has 0 bridgehead atoms. The molecule has 2 rings (SSSR count). The summed E-state index contributed by atoms with van der Waals surface area (Å²) in [6.07, 6.45) is 4.65. The molecule has 19 heavy (non-hydrogen) atoms. The van der Waals surface area contributed by atoms with Gasteiger partial charge in [-0.05, 0) is 49.9 Å². The van der Waals surface area contributed by atoms with E-state index in [1.165, 1.54) is 0 Å². The fourth-order valence-corrected chi connectivity index (χ4v) is 2.46. The van der Waals surface area contributed by atoms with Crippen LogP contribution in [-0.2, 0) is 4.74 Å². The standard InChI is InChI=1S/C14H19F2NO2/c1-18-13-4-2-3-11(9-13)17-10-5-7-12(8-6-10)19-14(15)16/h5-8,11,13-14,17H,2-4,9H2,1H3. The van der Waals surface area contributed by atoms with Gasteiger partial charge in [-0.2, -0.15) is 8.78 Å². The molecule has 0 saturated heterocycles. The van der Waals surface area contributed by atoms with Crippen molar-refractivity contribution in [2.45, 2.75) is 44.4 Å². The highest BCUT2D eigenvalue weighted by atomic mass is 19.3. The predicted molar refractivity (Wildman–Crippen MR) is 69.7 cm³/mol. The third kappa shape index (κ3) is 4.35. The van der Waals surface area contributed by atoms with Gasteiger partial charge >= 0.3 is 6.61 Å².